The van der Waals surface area contributed by atoms with Crippen molar-refractivity contribution in [2.24, 2.45) is 9.98 Å². The number of para-hydroxylation sites is 2. The van der Waals surface area contributed by atoms with Crippen LogP contribution in [0, 0.1) is 0 Å². The van der Waals surface area contributed by atoms with E-state index in [1.807, 2.05) is 133 Å². The molecular formula is C38H28N4O2. The zero-order valence-electron chi connectivity index (χ0n) is 23.7. The maximum Gasteiger partial charge on any atom is 0.127 e. The Labute approximate surface area is 254 Å². The molecule has 1 aliphatic heterocycles. The van der Waals surface area contributed by atoms with Crippen molar-refractivity contribution in [1.82, 2.24) is 0 Å². The molecule has 0 atom stereocenters. The van der Waals surface area contributed by atoms with Gasteiger partial charge in [0.1, 0.15) is 23.0 Å². The largest absolute Gasteiger partial charge is 0.457 e. The van der Waals surface area contributed by atoms with Gasteiger partial charge >= 0.3 is 0 Å². The van der Waals surface area contributed by atoms with Crippen LogP contribution in [0.15, 0.2) is 156 Å². The third-order valence-corrected chi connectivity index (χ3v) is 7.27. The first-order chi connectivity index (χ1) is 21.6. The number of fused-ring (bicyclic) bond motifs is 2. The molecule has 4 N–H and O–H groups in total. The average molecular weight is 573 g/mol. The van der Waals surface area contributed by atoms with Crippen molar-refractivity contribution in [2.75, 3.05) is 11.5 Å². The molecular weight excluding hydrogens is 544 g/mol. The van der Waals surface area contributed by atoms with Gasteiger partial charge in [-0.05, 0) is 109 Å². The summed E-state index contributed by atoms with van der Waals surface area (Å²) in [6, 6.07) is 46.8. The van der Waals surface area contributed by atoms with Gasteiger partial charge in [-0.2, -0.15) is 0 Å². The highest BCUT2D eigenvalue weighted by molar-refractivity contribution is 5.69. The Kier molecular flexibility index (Phi) is 7.06. The summed E-state index contributed by atoms with van der Waals surface area (Å²) < 4.78 is 12.0. The Morgan fingerprint density at radius 1 is 0.364 bits per heavy atom. The van der Waals surface area contributed by atoms with E-state index >= 15 is 0 Å². The quantitative estimate of drug-likeness (QED) is 0.250. The van der Waals surface area contributed by atoms with Crippen LogP contribution in [0.5, 0.6) is 23.0 Å². The summed E-state index contributed by atoms with van der Waals surface area (Å²) >= 11 is 0. The molecule has 0 aromatic heterocycles. The van der Waals surface area contributed by atoms with E-state index in [9.17, 15) is 0 Å². The van der Waals surface area contributed by atoms with Crippen LogP contribution in [-0.2, 0) is 0 Å². The Morgan fingerprint density at radius 2 is 0.682 bits per heavy atom. The maximum atomic E-state index is 6.02. The van der Waals surface area contributed by atoms with Crippen molar-refractivity contribution < 1.29 is 9.47 Å². The molecule has 0 aliphatic carbocycles. The SMILES string of the molecule is Nc1ccc(Oc2ccc(C3=c4\cccc\c4=N/C(c4ccc(Oc5ccc(N)cc5)cc4)=c4/cccc/c4=N\3)cc2)cc1. The monoisotopic (exact) mass is 572 g/mol. The van der Waals surface area contributed by atoms with Gasteiger partial charge in [-0.15, -0.1) is 0 Å². The minimum atomic E-state index is 0.695. The molecule has 44 heavy (non-hydrogen) atoms. The van der Waals surface area contributed by atoms with E-state index in [0.717, 1.165) is 66.7 Å². The van der Waals surface area contributed by atoms with Gasteiger partial charge in [0, 0.05) is 32.9 Å². The van der Waals surface area contributed by atoms with Crippen molar-refractivity contribution in [1.29, 1.82) is 0 Å². The van der Waals surface area contributed by atoms with E-state index in [-0.39, 0.29) is 0 Å². The number of nitrogens with zero attached hydrogens (tertiary/aromatic N) is 2. The number of hydrogen-bond donors (Lipinski definition) is 2. The topological polar surface area (TPSA) is 95.2 Å². The first kappa shape index (κ1) is 26.7. The fourth-order valence-electron chi connectivity index (χ4n) is 5.05. The van der Waals surface area contributed by atoms with Gasteiger partial charge in [0.05, 0.1) is 22.1 Å². The second-order valence-corrected chi connectivity index (χ2v) is 10.3. The second-order valence-electron chi connectivity index (χ2n) is 10.3. The average Bonchev–Trinajstić information content (AvgIpc) is 3.05. The number of hydrogen-bond acceptors (Lipinski definition) is 6. The summed E-state index contributed by atoms with van der Waals surface area (Å²) in [5, 5.41) is 3.55. The first-order valence-electron chi connectivity index (χ1n) is 14.2. The predicted molar refractivity (Wildman–Crippen MR) is 174 cm³/mol. The zero-order valence-corrected chi connectivity index (χ0v) is 23.7. The van der Waals surface area contributed by atoms with Gasteiger partial charge in [-0.1, -0.05) is 36.4 Å². The molecule has 1 heterocycles. The lowest BCUT2D eigenvalue weighted by Crippen LogP contribution is -2.34. The highest BCUT2D eigenvalue weighted by Crippen LogP contribution is 2.26. The molecule has 212 valence electrons. The lowest BCUT2D eigenvalue weighted by molar-refractivity contribution is 0.482. The Morgan fingerprint density at radius 3 is 1.05 bits per heavy atom. The maximum absolute atomic E-state index is 6.02. The predicted octanol–water partition coefficient (Wildman–Crippen LogP) is 5.70. The number of nitrogens with two attached hydrogens (primary N) is 2. The molecule has 7 rings (SSSR count). The molecule has 0 fully saturated rings. The van der Waals surface area contributed by atoms with Crippen LogP contribution in [0.4, 0.5) is 11.4 Å². The minimum absolute atomic E-state index is 0.695. The molecule has 6 nitrogen and oxygen atoms in total. The first-order valence-corrected chi connectivity index (χ1v) is 14.2. The lowest BCUT2D eigenvalue weighted by atomic mass is 10.1. The summed E-state index contributed by atoms with van der Waals surface area (Å²) in [6.07, 6.45) is 0. The van der Waals surface area contributed by atoms with E-state index in [1.165, 1.54) is 0 Å². The fraction of sp³-hybridized carbons (Fsp3) is 0. The molecule has 0 spiro atoms. The summed E-state index contributed by atoms with van der Waals surface area (Å²) in [5.74, 6) is 2.90. The molecule has 6 heteroatoms. The summed E-state index contributed by atoms with van der Waals surface area (Å²) in [5.41, 5.74) is 16.6. The smallest absolute Gasteiger partial charge is 0.127 e. The molecule has 0 saturated heterocycles. The summed E-state index contributed by atoms with van der Waals surface area (Å²) in [4.78, 5) is 10.5. The molecule has 1 aliphatic rings. The van der Waals surface area contributed by atoms with Crippen molar-refractivity contribution in [2.45, 2.75) is 0 Å². The van der Waals surface area contributed by atoms with E-state index in [4.69, 9.17) is 30.9 Å². The van der Waals surface area contributed by atoms with E-state index in [1.54, 1.807) is 0 Å². The van der Waals surface area contributed by atoms with Crippen LogP contribution in [0.25, 0.3) is 11.4 Å². The van der Waals surface area contributed by atoms with Crippen molar-refractivity contribution >= 4 is 22.8 Å². The molecule has 0 saturated carbocycles. The standard InChI is InChI=1S/C38H28N4O2/c39-27-13-21-31(22-14-27)43-29-17-9-25(10-18-29)37-33-5-1-3-7-35(33)41-38(34-6-2-4-8-36(34)42-37)26-11-19-30(20-12-26)44-32-23-15-28(40)16-24-32/h1-24H,39-40H2/b37-33-,38-34-,41-35+,41-38?,42-36+,42-37?. The van der Waals surface area contributed by atoms with Gasteiger partial charge in [0.2, 0.25) is 0 Å². The van der Waals surface area contributed by atoms with Gasteiger partial charge in [0.15, 0.2) is 0 Å². The third-order valence-electron chi connectivity index (χ3n) is 7.27. The molecule has 0 unspecified atom stereocenters. The Hall–Kier alpha value is -6.14. The van der Waals surface area contributed by atoms with Crippen LogP contribution < -0.4 is 42.1 Å². The lowest BCUT2D eigenvalue weighted by Gasteiger charge is -2.11. The molecule has 6 aromatic carbocycles. The van der Waals surface area contributed by atoms with Crippen LogP contribution in [0.1, 0.15) is 11.1 Å². The number of rotatable bonds is 6. The number of ether oxygens (including phenoxy) is 2. The van der Waals surface area contributed by atoms with Crippen LogP contribution in [-0.4, -0.2) is 0 Å². The number of benzene rings is 6. The highest BCUT2D eigenvalue weighted by Gasteiger charge is 2.11. The van der Waals surface area contributed by atoms with Crippen molar-refractivity contribution in [3.8, 4) is 23.0 Å². The van der Waals surface area contributed by atoms with E-state index < -0.39 is 0 Å². The molecule has 0 amide bonds. The molecule has 0 bridgehead atoms. The van der Waals surface area contributed by atoms with Crippen molar-refractivity contribution in [3.63, 3.8) is 0 Å². The van der Waals surface area contributed by atoms with E-state index in [2.05, 4.69) is 12.1 Å². The zero-order chi connectivity index (χ0) is 29.9. The Bertz CT molecular complexity index is 2050. The summed E-state index contributed by atoms with van der Waals surface area (Å²) in [7, 11) is 0. The number of nitrogen functional groups attached to an aromatic ring is 2. The third kappa shape index (κ3) is 5.65. The fourth-order valence-corrected chi connectivity index (χ4v) is 5.05. The van der Waals surface area contributed by atoms with Gasteiger partial charge in [0.25, 0.3) is 0 Å². The number of anilines is 2. The van der Waals surface area contributed by atoms with Crippen LogP contribution in [0.2, 0.25) is 0 Å². The van der Waals surface area contributed by atoms with Gasteiger partial charge in [-0.25, -0.2) is 9.98 Å². The second kappa shape index (κ2) is 11.6. The summed E-state index contributed by atoms with van der Waals surface area (Å²) in [6.45, 7) is 0. The Balaban J connectivity index is 1.30. The van der Waals surface area contributed by atoms with Crippen molar-refractivity contribution in [3.05, 3.63) is 178 Å². The van der Waals surface area contributed by atoms with Crippen LogP contribution in [0.3, 0.4) is 0 Å². The van der Waals surface area contributed by atoms with Gasteiger partial charge in [-0.3, -0.25) is 0 Å². The van der Waals surface area contributed by atoms with Gasteiger partial charge < -0.3 is 20.9 Å². The van der Waals surface area contributed by atoms with Crippen LogP contribution >= 0.6 is 0 Å². The van der Waals surface area contributed by atoms with E-state index in [0.29, 0.717) is 11.4 Å². The molecule has 0 radical (unpaired) electrons. The minimum Gasteiger partial charge on any atom is -0.457 e. The highest BCUT2D eigenvalue weighted by atomic mass is 16.5. The normalized spacial score (nSPS) is 16.1. The molecule has 6 aromatic rings.